The Bertz CT molecular complexity index is 594. The van der Waals surface area contributed by atoms with Crippen LogP contribution in [0, 0.1) is 24.7 Å². The molecule has 0 saturated heterocycles. The maximum Gasteiger partial charge on any atom is 0.257 e. The number of fused-ring (bicyclic) bond motifs is 1. The van der Waals surface area contributed by atoms with Crippen LogP contribution in [-0.2, 0) is 17.1 Å². The van der Waals surface area contributed by atoms with Crippen molar-refractivity contribution in [2.45, 2.75) is 44.1 Å². The summed E-state index contributed by atoms with van der Waals surface area (Å²) in [6, 6.07) is 1.62. The second-order valence-electron chi connectivity index (χ2n) is 6.29. The van der Waals surface area contributed by atoms with E-state index in [4.69, 9.17) is 0 Å². The summed E-state index contributed by atoms with van der Waals surface area (Å²) in [7, 11) is -1.77. The minimum Gasteiger partial charge on any atom is -0.256 e. The van der Waals surface area contributed by atoms with E-state index in [-0.39, 0.29) is 5.03 Å². The van der Waals surface area contributed by atoms with E-state index in [1.54, 1.807) is 20.0 Å². The summed E-state index contributed by atoms with van der Waals surface area (Å²) >= 11 is 0. The van der Waals surface area contributed by atoms with E-state index in [0.717, 1.165) is 17.5 Å². The number of hydrogen-bond acceptors (Lipinski definition) is 3. The standard InChI is InChI=1S/C14H23N3O2S/c1-10-8-14(17(2)16-10)20(18,19)15-9-12-7-6-11-4-3-5-13(11)12/h8,11-13,15H,3-7,9H2,1-2H3/t11-,12+,13-/m0/s1. The molecule has 3 atom stereocenters. The van der Waals surface area contributed by atoms with Gasteiger partial charge in [0, 0.05) is 13.6 Å². The zero-order valence-electron chi connectivity index (χ0n) is 12.2. The average molecular weight is 297 g/mol. The van der Waals surface area contributed by atoms with Gasteiger partial charge in [-0.1, -0.05) is 12.8 Å². The number of hydrogen-bond donors (Lipinski definition) is 1. The first-order chi connectivity index (χ1) is 9.47. The van der Waals surface area contributed by atoms with Gasteiger partial charge in [0.2, 0.25) is 0 Å². The smallest absolute Gasteiger partial charge is 0.256 e. The SMILES string of the molecule is Cc1cc(S(=O)(=O)NC[C@H]2CC[C@@H]3CCC[C@@H]32)n(C)n1. The van der Waals surface area contributed by atoms with Crippen LogP contribution in [0.3, 0.4) is 0 Å². The molecule has 112 valence electrons. The Morgan fingerprint density at radius 2 is 2.15 bits per heavy atom. The van der Waals surface area contributed by atoms with Crippen LogP contribution in [-0.4, -0.2) is 24.7 Å². The number of aryl methyl sites for hydroxylation is 2. The van der Waals surface area contributed by atoms with Crippen molar-refractivity contribution in [1.29, 1.82) is 0 Å². The van der Waals surface area contributed by atoms with Crippen molar-refractivity contribution in [1.82, 2.24) is 14.5 Å². The largest absolute Gasteiger partial charge is 0.257 e. The lowest BCUT2D eigenvalue weighted by Gasteiger charge is -2.18. The first kappa shape index (κ1) is 14.1. The molecule has 2 saturated carbocycles. The molecule has 5 nitrogen and oxygen atoms in total. The molecule has 0 spiro atoms. The molecular weight excluding hydrogens is 274 g/mol. The monoisotopic (exact) mass is 297 g/mol. The van der Waals surface area contributed by atoms with Gasteiger partial charge in [-0.15, -0.1) is 0 Å². The summed E-state index contributed by atoms with van der Waals surface area (Å²) in [5, 5.41) is 4.37. The van der Waals surface area contributed by atoms with E-state index in [2.05, 4.69) is 9.82 Å². The van der Waals surface area contributed by atoms with Crippen LogP contribution in [0.2, 0.25) is 0 Å². The highest BCUT2D eigenvalue weighted by Crippen LogP contribution is 2.47. The quantitative estimate of drug-likeness (QED) is 0.922. The molecule has 2 aliphatic carbocycles. The van der Waals surface area contributed by atoms with Gasteiger partial charge >= 0.3 is 0 Å². The number of rotatable bonds is 4. The molecular formula is C14H23N3O2S. The second-order valence-corrected chi connectivity index (χ2v) is 8.01. The lowest BCUT2D eigenvalue weighted by molar-refractivity contribution is 0.351. The molecule has 1 aromatic heterocycles. The Morgan fingerprint density at radius 1 is 1.35 bits per heavy atom. The molecule has 0 unspecified atom stereocenters. The maximum atomic E-state index is 12.3. The Kier molecular flexibility index (Phi) is 3.62. The third-order valence-corrected chi connectivity index (χ3v) is 6.48. The molecule has 1 N–H and O–H groups in total. The van der Waals surface area contributed by atoms with E-state index < -0.39 is 10.0 Å². The lowest BCUT2D eigenvalue weighted by atomic mass is 9.92. The first-order valence-electron chi connectivity index (χ1n) is 7.47. The fourth-order valence-corrected chi connectivity index (χ4v) is 5.37. The van der Waals surface area contributed by atoms with Crippen molar-refractivity contribution in [2.75, 3.05) is 6.54 Å². The van der Waals surface area contributed by atoms with Gasteiger partial charge in [-0.2, -0.15) is 5.10 Å². The van der Waals surface area contributed by atoms with Gasteiger partial charge in [0.05, 0.1) is 5.69 Å². The molecule has 2 aliphatic rings. The summed E-state index contributed by atoms with van der Waals surface area (Å²) in [4.78, 5) is 0. The van der Waals surface area contributed by atoms with Crippen LogP contribution in [0.25, 0.3) is 0 Å². The molecule has 0 amide bonds. The highest BCUT2D eigenvalue weighted by atomic mass is 32.2. The predicted molar refractivity (Wildman–Crippen MR) is 76.7 cm³/mol. The van der Waals surface area contributed by atoms with Gasteiger partial charge in [0.25, 0.3) is 10.0 Å². The zero-order chi connectivity index (χ0) is 14.3. The highest BCUT2D eigenvalue weighted by molar-refractivity contribution is 7.89. The van der Waals surface area contributed by atoms with E-state index in [9.17, 15) is 8.42 Å². The van der Waals surface area contributed by atoms with Gasteiger partial charge in [0.15, 0.2) is 5.03 Å². The third-order valence-electron chi connectivity index (χ3n) is 5.00. The minimum atomic E-state index is -3.44. The zero-order valence-corrected chi connectivity index (χ0v) is 13.0. The molecule has 1 aromatic rings. The lowest BCUT2D eigenvalue weighted by Crippen LogP contribution is -2.32. The van der Waals surface area contributed by atoms with Gasteiger partial charge in [0.1, 0.15) is 0 Å². The molecule has 6 heteroatoms. The van der Waals surface area contributed by atoms with Crippen molar-refractivity contribution in [3.63, 3.8) is 0 Å². The van der Waals surface area contributed by atoms with Crippen LogP contribution in [0.4, 0.5) is 0 Å². The number of sulfonamides is 1. The second kappa shape index (κ2) is 5.15. The number of nitrogens with one attached hydrogen (secondary N) is 1. The van der Waals surface area contributed by atoms with Crippen molar-refractivity contribution in [3.05, 3.63) is 11.8 Å². The van der Waals surface area contributed by atoms with Crippen molar-refractivity contribution in [2.24, 2.45) is 24.8 Å². The maximum absolute atomic E-state index is 12.3. The summed E-state index contributed by atoms with van der Waals surface area (Å²) in [6.07, 6.45) is 6.39. The minimum absolute atomic E-state index is 0.260. The van der Waals surface area contributed by atoms with Gasteiger partial charge in [-0.25, -0.2) is 13.1 Å². The highest BCUT2D eigenvalue weighted by Gasteiger charge is 2.39. The average Bonchev–Trinajstić information content (AvgIpc) is 3.02. The van der Waals surface area contributed by atoms with Gasteiger partial charge in [-0.05, 0) is 50.0 Å². The molecule has 1 heterocycles. The van der Waals surface area contributed by atoms with Crippen molar-refractivity contribution >= 4 is 10.0 Å². The van der Waals surface area contributed by atoms with Crippen LogP contribution < -0.4 is 4.72 Å². The molecule has 3 rings (SSSR count). The Balaban J connectivity index is 1.67. The van der Waals surface area contributed by atoms with E-state index in [1.165, 1.54) is 36.8 Å². The van der Waals surface area contributed by atoms with Crippen LogP contribution in [0.15, 0.2) is 11.1 Å². The topological polar surface area (TPSA) is 64.0 Å². The Hall–Kier alpha value is -0.880. The van der Waals surface area contributed by atoms with Crippen molar-refractivity contribution < 1.29 is 8.42 Å². The number of nitrogens with zero attached hydrogens (tertiary/aromatic N) is 2. The third kappa shape index (κ3) is 2.51. The van der Waals surface area contributed by atoms with Gasteiger partial charge < -0.3 is 0 Å². The van der Waals surface area contributed by atoms with Crippen LogP contribution in [0.5, 0.6) is 0 Å². The summed E-state index contributed by atoms with van der Waals surface area (Å²) in [5.74, 6) is 2.11. The molecule has 0 bridgehead atoms. The van der Waals surface area contributed by atoms with E-state index in [0.29, 0.717) is 12.5 Å². The first-order valence-corrected chi connectivity index (χ1v) is 8.96. The van der Waals surface area contributed by atoms with Crippen LogP contribution >= 0.6 is 0 Å². The fraction of sp³-hybridized carbons (Fsp3) is 0.786. The fourth-order valence-electron chi connectivity index (χ4n) is 4.07. The summed E-state index contributed by atoms with van der Waals surface area (Å²) < 4.78 is 28.9. The van der Waals surface area contributed by atoms with Crippen LogP contribution in [0.1, 0.15) is 37.8 Å². The number of aromatic nitrogens is 2. The molecule has 20 heavy (non-hydrogen) atoms. The van der Waals surface area contributed by atoms with Crippen molar-refractivity contribution in [3.8, 4) is 0 Å². The summed E-state index contributed by atoms with van der Waals surface area (Å²) in [6.45, 7) is 2.38. The normalized spacial score (nSPS) is 29.8. The molecule has 0 aliphatic heterocycles. The Morgan fingerprint density at radius 3 is 2.85 bits per heavy atom. The van der Waals surface area contributed by atoms with Gasteiger partial charge in [-0.3, -0.25) is 4.68 Å². The molecule has 2 fully saturated rings. The Labute approximate surface area is 120 Å². The predicted octanol–water partition coefficient (Wildman–Crippen LogP) is 1.83. The molecule has 0 aromatic carbocycles. The van der Waals surface area contributed by atoms with E-state index in [1.807, 2.05) is 0 Å². The molecule has 0 radical (unpaired) electrons. The summed E-state index contributed by atoms with van der Waals surface area (Å²) in [5.41, 5.74) is 0.726. The van der Waals surface area contributed by atoms with E-state index >= 15 is 0 Å².